The predicted octanol–water partition coefficient (Wildman–Crippen LogP) is 2.84. The van der Waals surface area contributed by atoms with E-state index < -0.39 is 0 Å². The van der Waals surface area contributed by atoms with Gasteiger partial charge in [0.25, 0.3) is 0 Å². The fourth-order valence-corrected chi connectivity index (χ4v) is 2.58. The van der Waals surface area contributed by atoms with Crippen molar-refractivity contribution in [2.45, 2.75) is 13.2 Å². The number of nitrogens with one attached hydrogen (secondary N) is 2. The summed E-state index contributed by atoms with van der Waals surface area (Å²) in [4.78, 5) is 0. The molecule has 2 rings (SSSR count). The summed E-state index contributed by atoms with van der Waals surface area (Å²) >= 11 is 3.48. The van der Waals surface area contributed by atoms with Crippen LogP contribution >= 0.6 is 15.9 Å². The Morgan fingerprint density at radius 2 is 1.75 bits per heavy atom. The fraction of sp³-hybridized carbons (Fsp3) is 0.333. The quantitative estimate of drug-likeness (QED) is 0.540. The number of aliphatic hydroxyl groups excluding tert-OH is 1. The molecular formula is C18H22BrFN2O2. The molecule has 24 heavy (non-hydrogen) atoms. The lowest BCUT2D eigenvalue weighted by atomic mass is 10.2. The number of rotatable bonds is 10. The first-order chi connectivity index (χ1) is 11.7. The number of hydrogen-bond donors (Lipinski definition) is 3. The molecule has 0 aliphatic rings. The summed E-state index contributed by atoms with van der Waals surface area (Å²) in [6, 6.07) is 12.2. The van der Waals surface area contributed by atoms with Gasteiger partial charge in [0.15, 0.2) is 0 Å². The van der Waals surface area contributed by atoms with Gasteiger partial charge >= 0.3 is 0 Å². The molecule has 0 aromatic heterocycles. The van der Waals surface area contributed by atoms with Crippen LogP contribution in [-0.4, -0.2) is 31.3 Å². The molecule has 0 aliphatic carbocycles. The van der Waals surface area contributed by atoms with Gasteiger partial charge in [-0.2, -0.15) is 0 Å². The Labute approximate surface area is 150 Å². The highest BCUT2D eigenvalue weighted by Crippen LogP contribution is 2.24. The molecule has 3 N–H and O–H groups in total. The third kappa shape index (κ3) is 6.57. The van der Waals surface area contributed by atoms with Crippen molar-refractivity contribution in [2.24, 2.45) is 0 Å². The second-order valence-corrected chi connectivity index (χ2v) is 6.23. The first-order valence-corrected chi connectivity index (χ1v) is 8.66. The summed E-state index contributed by atoms with van der Waals surface area (Å²) < 4.78 is 19.8. The van der Waals surface area contributed by atoms with Crippen molar-refractivity contribution in [3.05, 3.63) is 63.9 Å². The summed E-state index contributed by atoms with van der Waals surface area (Å²) in [6.45, 7) is 3.41. The van der Waals surface area contributed by atoms with Gasteiger partial charge in [-0.3, -0.25) is 0 Å². The van der Waals surface area contributed by atoms with Crippen molar-refractivity contribution in [1.82, 2.24) is 10.6 Å². The van der Waals surface area contributed by atoms with E-state index in [2.05, 4.69) is 26.6 Å². The number of benzene rings is 2. The molecule has 130 valence electrons. The van der Waals surface area contributed by atoms with E-state index in [0.717, 1.165) is 34.4 Å². The molecule has 2 aromatic rings. The molecule has 0 bridgehead atoms. The van der Waals surface area contributed by atoms with Crippen molar-refractivity contribution < 1.29 is 14.2 Å². The highest BCUT2D eigenvalue weighted by atomic mass is 79.9. The van der Waals surface area contributed by atoms with Crippen LogP contribution in [0, 0.1) is 5.82 Å². The lowest BCUT2D eigenvalue weighted by molar-refractivity contribution is 0.292. The number of aliphatic hydroxyl groups is 1. The Kier molecular flexibility index (Phi) is 8.18. The van der Waals surface area contributed by atoms with Crippen molar-refractivity contribution in [3.8, 4) is 5.75 Å². The van der Waals surface area contributed by atoms with Crippen LogP contribution in [0.15, 0.2) is 46.9 Å². The molecule has 6 heteroatoms. The zero-order chi connectivity index (χ0) is 17.2. The van der Waals surface area contributed by atoms with Gasteiger partial charge in [-0.15, -0.1) is 0 Å². The van der Waals surface area contributed by atoms with E-state index in [-0.39, 0.29) is 12.4 Å². The SMILES string of the molecule is OCCNCCNCc1cc(Br)ccc1OCc1ccc(F)cc1. The molecule has 0 amide bonds. The van der Waals surface area contributed by atoms with Gasteiger partial charge in [-0.05, 0) is 35.9 Å². The number of ether oxygens (including phenoxy) is 1. The zero-order valence-electron chi connectivity index (χ0n) is 13.4. The number of hydrogen-bond acceptors (Lipinski definition) is 4. The molecule has 0 fully saturated rings. The summed E-state index contributed by atoms with van der Waals surface area (Å²) in [5.41, 5.74) is 1.97. The minimum Gasteiger partial charge on any atom is -0.489 e. The molecule has 4 nitrogen and oxygen atoms in total. The Morgan fingerprint density at radius 3 is 2.50 bits per heavy atom. The summed E-state index contributed by atoms with van der Waals surface area (Å²) in [7, 11) is 0. The topological polar surface area (TPSA) is 53.5 Å². The van der Waals surface area contributed by atoms with Crippen LogP contribution in [0.1, 0.15) is 11.1 Å². The van der Waals surface area contributed by atoms with Gasteiger partial charge in [0, 0.05) is 36.2 Å². The second kappa shape index (κ2) is 10.4. The van der Waals surface area contributed by atoms with Crippen molar-refractivity contribution >= 4 is 15.9 Å². The van der Waals surface area contributed by atoms with E-state index in [1.165, 1.54) is 12.1 Å². The average Bonchev–Trinajstić information content (AvgIpc) is 2.58. The smallest absolute Gasteiger partial charge is 0.124 e. The maximum atomic E-state index is 12.9. The van der Waals surface area contributed by atoms with Crippen LogP contribution < -0.4 is 15.4 Å². The first-order valence-electron chi connectivity index (χ1n) is 7.87. The molecule has 0 unspecified atom stereocenters. The molecule has 0 spiro atoms. The van der Waals surface area contributed by atoms with Crippen LogP contribution in [0.3, 0.4) is 0 Å². The van der Waals surface area contributed by atoms with Gasteiger partial charge in [-0.25, -0.2) is 4.39 Å². The molecule has 2 aromatic carbocycles. The molecule has 0 saturated heterocycles. The van der Waals surface area contributed by atoms with E-state index in [1.807, 2.05) is 18.2 Å². The first kappa shape index (κ1) is 18.9. The van der Waals surface area contributed by atoms with Crippen LogP contribution in [-0.2, 0) is 13.2 Å². The lowest BCUT2D eigenvalue weighted by Gasteiger charge is -2.13. The molecule has 0 saturated carbocycles. The standard InChI is InChI=1S/C18H22BrFN2O2/c19-16-3-6-18(24-13-14-1-4-17(20)5-2-14)15(11-16)12-22-8-7-21-9-10-23/h1-6,11,21-23H,7-10,12-13H2. The van der Waals surface area contributed by atoms with Crippen LogP contribution in [0.25, 0.3) is 0 Å². The van der Waals surface area contributed by atoms with E-state index >= 15 is 0 Å². The summed E-state index contributed by atoms with van der Waals surface area (Å²) in [5.74, 6) is 0.556. The maximum absolute atomic E-state index is 12.9. The highest BCUT2D eigenvalue weighted by Gasteiger charge is 2.05. The Balaban J connectivity index is 1.88. The average molecular weight is 397 g/mol. The van der Waals surface area contributed by atoms with Crippen LogP contribution in [0.2, 0.25) is 0 Å². The molecule has 0 aliphatic heterocycles. The minimum absolute atomic E-state index is 0.146. The molecule has 0 heterocycles. The second-order valence-electron chi connectivity index (χ2n) is 5.32. The molecule has 0 radical (unpaired) electrons. The monoisotopic (exact) mass is 396 g/mol. The lowest BCUT2D eigenvalue weighted by Crippen LogP contribution is -2.28. The van der Waals surface area contributed by atoms with Crippen molar-refractivity contribution in [1.29, 1.82) is 0 Å². The van der Waals surface area contributed by atoms with Gasteiger partial charge in [0.2, 0.25) is 0 Å². The normalized spacial score (nSPS) is 10.8. The Hall–Kier alpha value is -1.47. The van der Waals surface area contributed by atoms with Gasteiger partial charge in [-0.1, -0.05) is 28.1 Å². The Morgan fingerprint density at radius 1 is 1.00 bits per heavy atom. The highest BCUT2D eigenvalue weighted by molar-refractivity contribution is 9.10. The maximum Gasteiger partial charge on any atom is 0.124 e. The van der Waals surface area contributed by atoms with Crippen LogP contribution in [0.5, 0.6) is 5.75 Å². The zero-order valence-corrected chi connectivity index (χ0v) is 15.0. The minimum atomic E-state index is -0.248. The largest absolute Gasteiger partial charge is 0.489 e. The third-order valence-corrected chi connectivity index (χ3v) is 3.91. The van der Waals surface area contributed by atoms with E-state index in [9.17, 15) is 4.39 Å². The Bertz CT molecular complexity index is 623. The van der Waals surface area contributed by atoms with Crippen LogP contribution in [0.4, 0.5) is 4.39 Å². The van der Waals surface area contributed by atoms with Gasteiger partial charge in [0.1, 0.15) is 18.2 Å². The summed E-state index contributed by atoms with van der Waals surface area (Å²) in [6.07, 6.45) is 0. The van der Waals surface area contributed by atoms with E-state index in [0.29, 0.717) is 19.7 Å². The van der Waals surface area contributed by atoms with Crippen molar-refractivity contribution in [2.75, 3.05) is 26.2 Å². The van der Waals surface area contributed by atoms with E-state index in [4.69, 9.17) is 9.84 Å². The van der Waals surface area contributed by atoms with Gasteiger partial charge < -0.3 is 20.5 Å². The number of halogens is 2. The molecular weight excluding hydrogens is 375 g/mol. The van der Waals surface area contributed by atoms with Crippen molar-refractivity contribution in [3.63, 3.8) is 0 Å². The third-order valence-electron chi connectivity index (χ3n) is 3.41. The predicted molar refractivity (Wildman–Crippen MR) is 96.5 cm³/mol. The fourth-order valence-electron chi connectivity index (χ4n) is 2.17. The molecule has 0 atom stereocenters. The van der Waals surface area contributed by atoms with Gasteiger partial charge in [0.05, 0.1) is 6.61 Å². The summed E-state index contributed by atoms with van der Waals surface area (Å²) in [5, 5.41) is 15.2. The van der Waals surface area contributed by atoms with E-state index in [1.54, 1.807) is 12.1 Å².